The number of hydrogen-bond acceptors (Lipinski definition) is 11. The highest BCUT2D eigenvalue weighted by atomic mass is 16.5. The molecule has 1 unspecified atom stereocenters. The minimum Gasteiger partial charge on any atom is -0.506 e. The molecule has 1 spiro atoms. The molecule has 1 atom stereocenters. The van der Waals surface area contributed by atoms with E-state index in [-0.39, 0.29) is 23.8 Å². The van der Waals surface area contributed by atoms with Gasteiger partial charge in [0.05, 0.1) is 43.6 Å². The zero-order valence-electron chi connectivity index (χ0n) is 34.8. The van der Waals surface area contributed by atoms with Crippen molar-refractivity contribution < 1.29 is 29.3 Å². The number of allylic oxidation sites excluding steroid dienone is 1. The van der Waals surface area contributed by atoms with Crippen LogP contribution in [0.25, 0.3) is 6.08 Å². The summed E-state index contributed by atoms with van der Waals surface area (Å²) in [7, 11) is 5.54. The van der Waals surface area contributed by atoms with Crippen molar-refractivity contribution in [1.82, 2.24) is 25.0 Å². The van der Waals surface area contributed by atoms with Crippen LogP contribution >= 0.6 is 0 Å². The number of benzene rings is 2. The van der Waals surface area contributed by atoms with Gasteiger partial charge in [-0.15, -0.1) is 0 Å². The van der Waals surface area contributed by atoms with Crippen molar-refractivity contribution >= 4 is 29.8 Å². The number of unbranched alkanes of at least 4 members (excludes halogenated alkanes) is 1. The molecule has 13 nitrogen and oxygen atoms in total. The minimum atomic E-state index is -0.884. The van der Waals surface area contributed by atoms with E-state index >= 15 is 0 Å². The van der Waals surface area contributed by atoms with Gasteiger partial charge in [-0.25, -0.2) is 0 Å². The summed E-state index contributed by atoms with van der Waals surface area (Å²) in [4.78, 5) is 30.9. The number of nitrogens with one attached hydrogen (secondary N) is 2. The van der Waals surface area contributed by atoms with Crippen LogP contribution in [-0.2, 0) is 31.9 Å². The molecule has 0 bridgehead atoms. The number of aromatic hydroxyl groups is 1. The van der Waals surface area contributed by atoms with Crippen LogP contribution in [0.15, 0.2) is 60.2 Å². The molecule has 0 saturated carbocycles. The number of likely N-dealkylation sites (tertiary alicyclic amines) is 1. The van der Waals surface area contributed by atoms with Gasteiger partial charge in [0.25, 0.3) is 0 Å². The number of aliphatic hydroxyl groups is 1. The lowest BCUT2D eigenvalue weighted by atomic mass is 9.89. The molecule has 57 heavy (non-hydrogen) atoms. The number of piperidine rings is 1. The standard InChI is InChI=1S/C44H67N7O6/c1-6-8-22-50(26-21-46-33-40(54)37-14-15-39(53)43(45-3)38(37)13-10-28-52)42(55)18-30-56-29-17-36-12-9-11-35(32-36)16-23-49-24-19-44(20-25-49)34-51(27-31-57-44)41(7-2)47-48(4)5/h7,9-15,28,32,40,45-46,53-54H,2,6,8,16-27,29-31,33-34H2,1,3-5H3/b13-10-,47-41+. The van der Waals surface area contributed by atoms with Gasteiger partial charge >= 0.3 is 0 Å². The third-order valence-electron chi connectivity index (χ3n) is 10.8. The van der Waals surface area contributed by atoms with Crippen LogP contribution in [0.3, 0.4) is 0 Å². The molecular formula is C44H67N7O6. The fourth-order valence-corrected chi connectivity index (χ4v) is 7.57. The first-order valence-electron chi connectivity index (χ1n) is 20.6. The highest BCUT2D eigenvalue weighted by Crippen LogP contribution is 2.34. The molecule has 0 radical (unpaired) electrons. The molecule has 0 aromatic heterocycles. The highest BCUT2D eigenvalue weighted by molar-refractivity contribution is 5.92. The quantitative estimate of drug-likeness (QED) is 0.0244. The molecule has 2 saturated heterocycles. The second kappa shape index (κ2) is 23.8. The molecule has 4 N–H and O–H groups in total. The van der Waals surface area contributed by atoms with E-state index in [4.69, 9.17) is 9.47 Å². The number of anilines is 1. The van der Waals surface area contributed by atoms with Crippen LogP contribution in [0.5, 0.6) is 5.75 Å². The van der Waals surface area contributed by atoms with E-state index in [1.807, 2.05) is 30.1 Å². The second-order valence-corrected chi connectivity index (χ2v) is 15.1. The van der Waals surface area contributed by atoms with Gasteiger partial charge < -0.3 is 50.0 Å². The Bertz CT molecular complexity index is 1620. The number of phenolic OH excluding ortho intramolecular Hbond substituents is 1. The van der Waals surface area contributed by atoms with Gasteiger partial charge in [0.1, 0.15) is 17.9 Å². The predicted octanol–water partition coefficient (Wildman–Crippen LogP) is 4.32. The van der Waals surface area contributed by atoms with Crippen molar-refractivity contribution in [2.45, 2.75) is 63.6 Å². The van der Waals surface area contributed by atoms with Crippen LogP contribution in [-0.4, -0.2) is 153 Å². The van der Waals surface area contributed by atoms with Gasteiger partial charge in [-0.2, -0.15) is 5.10 Å². The Hall–Kier alpha value is -4.27. The minimum absolute atomic E-state index is 0.0293. The number of carbonyl (C=O) groups excluding carboxylic acids is 2. The first-order valence-corrected chi connectivity index (χ1v) is 20.6. The average Bonchev–Trinajstić information content (AvgIpc) is 3.21. The number of morpholine rings is 1. The number of carbonyl (C=O) groups is 2. The molecule has 13 heteroatoms. The number of aldehydes is 1. The van der Waals surface area contributed by atoms with E-state index < -0.39 is 6.10 Å². The lowest BCUT2D eigenvalue weighted by molar-refractivity contribution is -0.132. The van der Waals surface area contributed by atoms with E-state index in [0.717, 1.165) is 77.1 Å². The Balaban J connectivity index is 1.15. The van der Waals surface area contributed by atoms with Crippen molar-refractivity contribution in [3.05, 3.63) is 77.4 Å². The van der Waals surface area contributed by atoms with Crippen LogP contribution in [0.1, 0.15) is 67.4 Å². The maximum atomic E-state index is 13.2. The Morgan fingerprint density at radius 3 is 2.60 bits per heavy atom. The summed E-state index contributed by atoms with van der Waals surface area (Å²) in [5.41, 5.74) is 4.00. The molecule has 0 aliphatic carbocycles. The maximum absolute atomic E-state index is 13.2. The Kier molecular flexibility index (Phi) is 19.0. The molecule has 314 valence electrons. The lowest BCUT2D eigenvalue weighted by Gasteiger charge is -2.47. The zero-order valence-corrected chi connectivity index (χ0v) is 34.8. The van der Waals surface area contributed by atoms with Crippen molar-refractivity contribution in [1.29, 1.82) is 0 Å². The highest BCUT2D eigenvalue weighted by Gasteiger charge is 2.40. The summed E-state index contributed by atoms with van der Waals surface area (Å²) >= 11 is 0. The van der Waals surface area contributed by atoms with Gasteiger partial charge in [0, 0.05) is 85.6 Å². The molecule has 2 aliphatic heterocycles. The predicted molar refractivity (Wildman–Crippen MR) is 229 cm³/mol. The Morgan fingerprint density at radius 1 is 1.12 bits per heavy atom. The van der Waals surface area contributed by atoms with E-state index in [1.165, 1.54) is 23.3 Å². The van der Waals surface area contributed by atoms with Crippen LogP contribution < -0.4 is 10.6 Å². The molecule has 2 fully saturated rings. The lowest BCUT2D eigenvalue weighted by Crippen LogP contribution is -2.58. The van der Waals surface area contributed by atoms with Gasteiger partial charge in [-0.1, -0.05) is 50.3 Å². The third-order valence-corrected chi connectivity index (χ3v) is 10.8. The number of aliphatic hydroxyl groups excluding tert-OH is 1. The van der Waals surface area contributed by atoms with Gasteiger partial charge in [0.15, 0.2) is 0 Å². The summed E-state index contributed by atoms with van der Waals surface area (Å²) in [5, 5.41) is 33.8. The Labute approximate surface area is 340 Å². The summed E-state index contributed by atoms with van der Waals surface area (Å²) in [6.07, 6.45) is 10.5. The van der Waals surface area contributed by atoms with Gasteiger partial charge in [0.2, 0.25) is 5.91 Å². The summed E-state index contributed by atoms with van der Waals surface area (Å²) in [6.45, 7) is 14.4. The fraction of sp³-hybridized carbons (Fsp3) is 0.568. The number of phenols is 1. The first kappa shape index (κ1) is 45.4. The fourth-order valence-electron chi connectivity index (χ4n) is 7.57. The number of rotatable bonds is 23. The molecule has 2 aromatic rings. The molecular weight excluding hydrogens is 723 g/mol. The number of amides is 1. The number of amidine groups is 1. The summed E-state index contributed by atoms with van der Waals surface area (Å²) in [5.74, 6) is 0.995. The summed E-state index contributed by atoms with van der Waals surface area (Å²) in [6, 6.07) is 11.9. The zero-order chi connectivity index (χ0) is 41.0. The van der Waals surface area contributed by atoms with Crippen molar-refractivity contribution in [2.75, 3.05) is 105 Å². The van der Waals surface area contributed by atoms with Crippen molar-refractivity contribution in [3.63, 3.8) is 0 Å². The second-order valence-electron chi connectivity index (χ2n) is 15.1. The van der Waals surface area contributed by atoms with Crippen LogP contribution in [0.4, 0.5) is 5.69 Å². The SMILES string of the molecule is C=C/C(=N\N(C)C)N1CCOC2(CCN(CCc3cccc(CCOCCC(=O)N(CCCC)CCNCC(O)c4ccc(O)c(NC)c4/C=C\C=O)c3)CC2)C1. The number of hydrogen-bond donors (Lipinski definition) is 4. The van der Waals surface area contributed by atoms with Crippen LogP contribution in [0, 0.1) is 0 Å². The normalized spacial score (nSPS) is 16.5. The molecule has 2 aliphatic rings. The topological polar surface area (TPSA) is 142 Å². The van der Waals surface area contributed by atoms with E-state index in [2.05, 4.69) is 63.3 Å². The van der Waals surface area contributed by atoms with Crippen LogP contribution in [0.2, 0.25) is 0 Å². The summed E-state index contributed by atoms with van der Waals surface area (Å²) < 4.78 is 12.3. The van der Waals surface area contributed by atoms with Crippen molar-refractivity contribution in [3.8, 4) is 5.75 Å². The van der Waals surface area contributed by atoms with Crippen molar-refractivity contribution in [2.24, 2.45) is 5.10 Å². The number of nitrogens with zero attached hydrogens (tertiary/aromatic N) is 5. The first-order chi connectivity index (χ1) is 27.6. The largest absolute Gasteiger partial charge is 0.506 e. The maximum Gasteiger partial charge on any atom is 0.224 e. The molecule has 1 amide bonds. The number of ether oxygens (including phenoxy) is 2. The molecule has 2 aromatic carbocycles. The van der Waals surface area contributed by atoms with E-state index in [9.17, 15) is 19.8 Å². The molecule has 4 rings (SSSR count). The smallest absolute Gasteiger partial charge is 0.224 e. The number of hydrazone groups is 1. The molecule has 2 heterocycles. The van der Waals surface area contributed by atoms with E-state index in [0.29, 0.717) is 69.0 Å². The monoisotopic (exact) mass is 790 g/mol. The third kappa shape index (κ3) is 14.3. The average molecular weight is 790 g/mol. The Morgan fingerprint density at radius 2 is 1.89 bits per heavy atom. The van der Waals surface area contributed by atoms with Gasteiger partial charge in [-0.3, -0.25) is 9.59 Å². The van der Waals surface area contributed by atoms with Gasteiger partial charge in [-0.05, 0) is 73.1 Å². The van der Waals surface area contributed by atoms with E-state index in [1.54, 1.807) is 19.2 Å².